The number of hydrogen-bond donors (Lipinski definition) is 0. The van der Waals surface area contributed by atoms with Crippen molar-refractivity contribution in [1.82, 2.24) is 19.7 Å². The van der Waals surface area contributed by atoms with Crippen LogP contribution in [0.15, 0.2) is 84.3 Å². The molecule has 0 saturated heterocycles. The number of nitrogens with zero attached hydrogens (tertiary/aromatic N) is 5. The minimum absolute atomic E-state index is 0.256. The van der Waals surface area contributed by atoms with Gasteiger partial charge in [-0.3, -0.25) is 9.55 Å². The van der Waals surface area contributed by atoms with Crippen LogP contribution in [0.25, 0.3) is 11.4 Å². The molecule has 2 aromatic heterocycles. The van der Waals surface area contributed by atoms with Gasteiger partial charge in [-0.25, -0.2) is 0 Å². The third kappa shape index (κ3) is 4.76. The normalized spacial score (nSPS) is 11.7. The molecule has 2 heterocycles. The van der Waals surface area contributed by atoms with E-state index < -0.39 is 0 Å². The van der Waals surface area contributed by atoms with Crippen molar-refractivity contribution < 1.29 is 0 Å². The number of rotatable bonds is 7. The monoisotopic (exact) mass is 411 g/mol. The van der Waals surface area contributed by atoms with Crippen molar-refractivity contribution >= 4 is 11.8 Å². The topological polar surface area (TPSA) is 67.4 Å². The average Bonchev–Trinajstić information content (AvgIpc) is 3.18. The zero-order valence-electron chi connectivity index (χ0n) is 16.6. The highest BCUT2D eigenvalue weighted by Crippen LogP contribution is 2.29. The quantitative estimate of drug-likeness (QED) is 0.404. The highest BCUT2D eigenvalue weighted by Gasteiger charge is 2.19. The van der Waals surface area contributed by atoms with E-state index in [0.717, 1.165) is 27.7 Å². The molecule has 6 heteroatoms. The van der Waals surface area contributed by atoms with Crippen molar-refractivity contribution in [2.24, 2.45) is 0 Å². The number of hydrogen-bond acceptors (Lipinski definition) is 5. The predicted octanol–water partition coefficient (Wildman–Crippen LogP) is 4.92. The van der Waals surface area contributed by atoms with Crippen molar-refractivity contribution in [3.05, 3.63) is 95.8 Å². The summed E-state index contributed by atoms with van der Waals surface area (Å²) < 4.78 is 2.07. The molecule has 0 amide bonds. The largest absolute Gasteiger partial charge is 0.297 e. The summed E-state index contributed by atoms with van der Waals surface area (Å²) in [6, 6.07) is 24.8. The van der Waals surface area contributed by atoms with Gasteiger partial charge in [0.05, 0.1) is 12.6 Å². The van der Waals surface area contributed by atoms with Crippen molar-refractivity contribution in [2.75, 3.05) is 0 Å². The van der Waals surface area contributed by atoms with Gasteiger partial charge >= 0.3 is 0 Å². The summed E-state index contributed by atoms with van der Waals surface area (Å²) in [5.74, 6) is 0.751. The molecular formula is C24H21N5S. The van der Waals surface area contributed by atoms with E-state index in [1.807, 2.05) is 30.3 Å². The van der Waals surface area contributed by atoms with Crippen molar-refractivity contribution in [1.29, 1.82) is 5.26 Å². The summed E-state index contributed by atoms with van der Waals surface area (Å²) >= 11 is 1.46. The van der Waals surface area contributed by atoms with Gasteiger partial charge in [0.1, 0.15) is 5.25 Å². The summed E-state index contributed by atoms with van der Waals surface area (Å²) in [7, 11) is 0. The van der Waals surface area contributed by atoms with E-state index in [-0.39, 0.29) is 5.25 Å². The Balaban J connectivity index is 1.64. The Morgan fingerprint density at radius 1 is 0.967 bits per heavy atom. The summed E-state index contributed by atoms with van der Waals surface area (Å²) in [4.78, 5) is 4.22. The van der Waals surface area contributed by atoms with Crippen LogP contribution in [-0.4, -0.2) is 25.0 Å². The standard InChI is InChI=1S/C24H21N5S/c1-18-9-11-19(12-10-18)14-22(15-25)30-24-28-27-23(21-8-5-13-26-16-21)29(24)17-20-6-3-2-4-7-20/h2-13,16,22H,14,17H2,1H3/t22-/m1/s1. The van der Waals surface area contributed by atoms with Crippen LogP contribution in [0.3, 0.4) is 0 Å². The van der Waals surface area contributed by atoms with Crippen LogP contribution in [0.5, 0.6) is 0 Å². The molecular weight excluding hydrogens is 390 g/mol. The fourth-order valence-electron chi connectivity index (χ4n) is 3.17. The fourth-order valence-corrected chi connectivity index (χ4v) is 4.12. The molecule has 0 fully saturated rings. The van der Waals surface area contributed by atoms with Crippen LogP contribution in [0.4, 0.5) is 0 Å². The zero-order chi connectivity index (χ0) is 20.8. The van der Waals surface area contributed by atoms with Gasteiger partial charge in [-0.15, -0.1) is 10.2 Å². The Bertz CT molecular complexity index is 1130. The summed E-state index contributed by atoms with van der Waals surface area (Å²) in [6.45, 7) is 2.69. The Labute approximate surface area is 180 Å². The molecule has 0 saturated carbocycles. The molecule has 4 aromatic rings. The minimum Gasteiger partial charge on any atom is -0.297 e. The zero-order valence-corrected chi connectivity index (χ0v) is 17.5. The average molecular weight is 412 g/mol. The van der Waals surface area contributed by atoms with Gasteiger partial charge in [0.15, 0.2) is 11.0 Å². The number of benzene rings is 2. The van der Waals surface area contributed by atoms with E-state index in [4.69, 9.17) is 0 Å². The number of thioether (sulfide) groups is 1. The molecule has 1 atom stereocenters. The van der Waals surface area contributed by atoms with E-state index in [1.165, 1.54) is 17.3 Å². The molecule has 0 radical (unpaired) electrons. The van der Waals surface area contributed by atoms with E-state index in [2.05, 4.69) is 69.1 Å². The predicted molar refractivity (Wildman–Crippen MR) is 119 cm³/mol. The highest BCUT2D eigenvalue weighted by atomic mass is 32.2. The first-order chi connectivity index (χ1) is 14.7. The molecule has 0 aliphatic rings. The smallest absolute Gasteiger partial charge is 0.193 e. The second-order valence-electron chi connectivity index (χ2n) is 7.04. The molecule has 0 aliphatic heterocycles. The summed E-state index contributed by atoms with van der Waals surface area (Å²) in [5, 5.41) is 19.1. The molecule has 4 rings (SSSR count). The van der Waals surface area contributed by atoms with Gasteiger partial charge in [-0.05, 0) is 36.6 Å². The Hall–Kier alpha value is -3.43. The second-order valence-corrected chi connectivity index (χ2v) is 8.21. The first-order valence-electron chi connectivity index (χ1n) is 9.72. The minimum atomic E-state index is -0.256. The van der Waals surface area contributed by atoms with Gasteiger partial charge in [0.25, 0.3) is 0 Å². The van der Waals surface area contributed by atoms with Gasteiger partial charge in [-0.2, -0.15) is 5.26 Å². The lowest BCUT2D eigenvalue weighted by atomic mass is 10.1. The van der Waals surface area contributed by atoms with Crippen LogP contribution in [0.1, 0.15) is 16.7 Å². The van der Waals surface area contributed by atoms with Crippen LogP contribution < -0.4 is 0 Å². The lowest BCUT2D eigenvalue weighted by Gasteiger charge is -2.13. The Morgan fingerprint density at radius 3 is 2.47 bits per heavy atom. The van der Waals surface area contributed by atoms with Gasteiger partial charge in [0, 0.05) is 18.0 Å². The van der Waals surface area contributed by atoms with E-state index >= 15 is 0 Å². The maximum absolute atomic E-state index is 9.77. The second kappa shape index (κ2) is 9.38. The van der Waals surface area contributed by atoms with E-state index in [0.29, 0.717) is 13.0 Å². The third-order valence-corrected chi connectivity index (χ3v) is 5.82. The van der Waals surface area contributed by atoms with E-state index in [1.54, 1.807) is 12.4 Å². The SMILES string of the molecule is Cc1ccc(C[C@H](C#N)Sc2nnc(-c3cccnc3)n2Cc2ccccc2)cc1. The van der Waals surface area contributed by atoms with Crippen molar-refractivity contribution in [2.45, 2.75) is 30.3 Å². The molecule has 0 bridgehead atoms. The molecule has 5 nitrogen and oxygen atoms in total. The first-order valence-corrected chi connectivity index (χ1v) is 10.6. The maximum atomic E-state index is 9.77. The molecule has 30 heavy (non-hydrogen) atoms. The number of nitriles is 1. The third-order valence-electron chi connectivity index (χ3n) is 4.75. The van der Waals surface area contributed by atoms with Crippen LogP contribution >= 0.6 is 11.8 Å². The Kier molecular flexibility index (Phi) is 6.21. The molecule has 0 unspecified atom stereocenters. The lowest BCUT2D eigenvalue weighted by molar-refractivity contribution is 0.713. The molecule has 2 aromatic carbocycles. The molecule has 0 N–H and O–H groups in total. The van der Waals surface area contributed by atoms with Crippen LogP contribution in [-0.2, 0) is 13.0 Å². The number of aryl methyl sites for hydroxylation is 1. The molecule has 0 spiro atoms. The maximum Gasteiger partial charge on any atom is 0.193 e. The fraction of sp³-hybridized carbons (Fsp3) is 0.167. The summed E-state index contributed by atoms with van der Waals surface area (Å²) in [6.07, 6.45) is 4.18. The van der Waals surface area contributed by atoms with Gasteiger partial charge in [0.2, 0.25) is 0 Å². The highest BCUT2D eigenvalue weighted by molar-refractivity contribution is 8.00. The summed E-state index contributed by atoms with van der Waals surface area (Å²) in [5.41, 5.74) is 4.40. The van der Waals surface area contributed by atoms with Crippen LogP contribution in [0, 0.1) is 18.3 Å². The first kappa shape index (κ1) is 19.9. The number of aromatic nitrogens is 4. The Morgan fingerprint density at radius 2 is 1.77 bits per heavy atom. The number of pyridine rings is 1. The van der Waals surface area contributed by atoms with Crippen molar-refractivity contribution in [3.8, 4) is 17.5 Å². The lowest BCUT2D eigenvalue weighted by Crippen LogP contribution is -2.09. The van der Waals surface area contributed by atoms with Gasteiger partial charge in [-0.1, -0.05) is 71.9 Å². The van der Waals surface area contributed by atoms with Crippen molar-refractivity contribution in [3.63, 3.8) is 0 Å². The van der Waals surface area contributed by atoms with E-state index in [9.17, 15) is 5.26 Å². The molecule has 148 valence electrons. The van der Waals surface area contributed by atoms with Gasteiger partial charge < -0.3 is 0 Å². The van der Waals surface area contributed by atoms with Crippen LogP contribution in [0.2, 0.25) is 0 Å². The molecule has 0 aliphatic carbocycles.